The van der Waals surface area contributed by atoms with E-state index in [0.29, 0.717) is 11.5 Å². The van der Waals surface area contributed by atoms with Crippen molar-refractivity contribution in [1.82, 2.24) is 0 Å². The van der Waals surface area contributed by atoms with E-state index in [-0.39, 0.29) is 12.8 Å². The highest BCUT2D eigenvalue weighted by atomic mass is 28.4. The highest BCUT2D eigenvalue weighted by Gasteiger charge is 2.57. The molecule has 0 aromatic heterocycles. The molecule has 0 heterocycles. The van der Waals surface area contributed by atoms with Crippen LogP contribution in [0.2, 0.25) is 118 Å². The first-order valence-electron chi connectivity index (χ1n) is 17.4. The van der Waals surface area contributed by atoms with Gasteiger partial charge in [-0.15, -0.1) is 0 Å². The van der Waals surface area contributed by atoms with Crippen molar-refractivity contribution in [3.05, 3.63) is 29.8 Å². The normalized spacial score (nSPS) is 22.9. The minimum absolute atomic E-state index is 0.123. The average Bonchev–Trinajstić information content (AvgIpc) is 2.81. The molecule has 0 bridgehead atoms. The van der Waals surface area contributed by atoms with Gasteiger partial charge in [0.05, 0.1) is 6.10 Å². The van der Waals surface area contributed by atoms with Gasteiger partial charge >= 0.3 is 11.9 Å². The molecule has 0 aliphatic heterocycles. The summed E-state index contributed by atoms with van der Waals surface area (Å²) in [5, 5.41) is 0. The lowest BCUT2D eigenvalue weighted by Crippen LogP contribution is -2.65. The molecule has 0 spiro atoms. The molecule has 280 valence electrons. The molecule has 0 N–H and O–H groups in total. The topological polar surface area (TPSA) is 98.8 Å². The average molecular weight is 787 g/mol. The molecule has 2 rings (SSSR count). The molecule has 1 aliphatic rings. The zero-order valence-corrected chi connectivity index (χ0v) is 39.7. The molecule has 49 heavy (non-hydrogen) atoms. The Labute approximate surface area is 303 Å². The highest BCUT2D eigenvalue weighted by Crippen LogP contribution is 2.42. The van der Waals surface area contributed by atoms with Gasteiger partial charge < -0.3 is 31.3 Å². The van der Waals surface area contributed by atoms with Crippen LogP contribution in [0.15, 0.2) is 24.3 Å². The van der Waals surface area contributed by atoms with Crippen LogP contribution in [0, 0.1) is 0 Å². The van der Waals surface area contributed by atoms with Gasteiger partial charge in [-0.2, -0.15) is 0 Å². The monoisotopic (exact) mass is 786 g/mol. The maximum Gasteiger partial charge on any atom is 0.331 e. The van der Waals surface area contributed by atoms with Crippen molar-refractivity contribution >= 4 is 67.9 Å². The fourth-order valence-corrected chi connectivity index (χ4v) is 11.5. The number of ether oxygens (including phenoxy) is 1. The summed E-state index contributed by atoms with van der Waals surface area (Å²) >= 11 is 0. The van der Waals surface area contributed by atoms with Crippen molar-refractivity contribution in [2.45, 2.75) is 155 Å². The molecule has 1 aliphatic carbocycles. The molecular weight excluding hydrogens is 721 g/mol. The lowest BCUT2D eigenvalue weighted by Gasteiger charge is -2.50. The second kappa shape index (κ2) is 15.7. The second-order valence-electron chi connectivity index (χ2n) is 19.0. The smallest absolute Gasteiger partial charge is 0.331 e. The zero-order chi connectivity index (χ0) is 38.0. The summed E-state index contributed by atoms with van der Waals surface area (Å²) in [7, 11) is -12.8. The first-order valence-corrected chi connectivity index (χ1v) is 37.9. The molecule has 1 saturated carbocycles. The van der Waals surface area contributed by atoms with Gasteiger partial charge in [0.15, 0.2) is 30.6 Å². The molecule has 0 amide bonds. The van der Waals surface area contributed by atoms with Crippen LogP contribution in [-0.4, -0.2) is 85.8 Å². The van der Waals surface area contributed by atoms with Gasteiger partial charge in [-0.1, -0.05) is 6.07 Å². The Balaban J connectivity index is 2.59. The summed E-state index contributed by atoms with van der Waals surface area (Å²) in [6.07, 6.45) is 1.64. The Bertz CT molecular complexity index is 1330. The maximum atomic E-state index is 14.2. The molecule has 4 atom stereocenters. The van der Waals surface area contributed by atoms with E-state index in [1.807, 2.05) is 37.8 Å². The Hall–Kier alpha value is -1.32. The largest absolute Gasteiger partial charge is 0.542 e. The van der Waals surface area contributed by atoms with Crippen LogP contribution >= 0.6 is 0 Å². The van der Waals surface area contributed by atoms with Crippen LogP contribution in [-0.2, 0) is 32.0 Å². The predicted molar refractivity (Wildman–Crippen MR) is 216 cm³/mol. The summed E-state index contributed by atoms with van der Waals surface area (Å²) in [5.74, 6) is 0.441. The number of hydrogen-bond acceptors (Lipinski definition) is 9. The molecule has 9 nitrogen and oxygen atoms in total. The Kier molecular flexibility index (Phi) is 14.1. The standard InChI is InChI=1S/C34H66O9Si6/c1-44(2,3)38-27-21-19-26(23-28(27)39-45(4,5)6)20-22-31(35)37-29-24-34(43-49(16,17)18,33(36)42-48(13,14)15)25-30(40-46(7,8)9)32(29)41-47(10,11)12/h19-23,29-30,32H,24-25H2,1-18H3/b22-20+. The number of esters is 1. The molecule has 0 saturated heterocycles. The molecule has 1 aromatic carbocycles. The van der Waals surface area contributed by atoms with Crippen molar-refractivity contribution in [3.63, 3.8) is 0 Å². The van der Waals surface area contributed by atoms with E-state index in [1.54, 1.807) is 6.08 Å². The number of carbonyl (C=O) groups is 2. The fraction of sp³-hybridized carbons (Fsp3) is 0.706. The molecule has 4 unspecified atom stereocenters. The summed E-state index contributed by atoms with van der Waals surface area (Å²) in [4.78, 5) is 27.8. The van der Waals surface area contributed by atoms with Crippen molar-refractivity contribution in [2.75, 3.05) is 0 Å². The van der Waals surface area contributed by atoms with Gasteiger partial charge in [-0.25, -0.2) is 4.79 Å². The Morgan fingerprint density at radius 1 is 0.633 bits per heavy atom. The third-order valence-electron chi connectivity index (χ3n) is 6.54. The first kappa shape index (κ1) is 43.8. The molecule has 1 aromatic rings. The number of carbonyl (C=O) groups excluding carboxylic acids is 2. The van der Waals surface area contributed by atoms with E-state index < -0.39 is 85.8 Å². The van der Waals surface area contributed by atoms with E-state index in [0.717, 1.165) is 5.56 Å². The van der Waals surface area contributed by atoms with Crippen molar-refractivity contribution in [3.8, 4) is 11.5 Å². The minimum atomic E-state index is -2.32. The van der Waals surface area contributed by atoms with Gasteiger partial charge in [0.1, 0.15) is 23.7 Å². The lowest BCUT2D eigenvalue weighted by atomic mass is 9.79. The molecular formula is C34H66O9Si6. The SMILES string of the molecule is C[Si](C)(C)OC(=O)C1(O[Si](C)(C)C)CC(OC(=O)/C=C/c2ccc(O[Si](C)(C)C)c(O[Si](C)(C)C)c2)C(O[Si](C)(C)C)C(O[Si](C)(C)C)C1. The Morgan fingerprint density at radius 2 is 1.14 bits per heavy atom. The van der Waals surface area contributed by atoms with E-state index in [1.165, 1.54) is 6.08 Å². The third-order valence-corrected chi connectivity index (χ3v) is 12.0. The third kappa shape index (κ3) is 16.3. The number of rotatable bonds is 15. The predicted octanol–water partition coefficient (Wildman–Crippen LogP) is 9.24. The summed E-state index contributed by atoms with van der Waals surface area (Å²) < 4.78 is 45.4. The molecule has 0 radical (unpaired) electrons. The number of benzene rings is 1. The maximum absolute atomic E-state index is 14.2. The van der Waals surface area contributed by atoms with Crippen LogP contribution in [0.25, 0.3) is 6.08 Å². The van der Waals surface area contributed by atoms with Crippen LogP contribution in [0.4, 0.5) is 0 Å². The molecule has 1 fully saturated rings. The zero-order valence-electron chi connectivity index (χ0n) is 33.7. The van der Waals surface area contributed by atoms with Crippen LogP contribution in [0.5, 0.6) is 11.5 Å². The van der Waals surface area contributed by atoms with Gasteiger partial charge in [0.25, 0.3) is 0 Å². The van der Waals surface area contributed by atoms with E-state index in [4.69, 9.17) is 31.3 Å². The lowest BCUT2D eigenvalue weighted by molar-refractivity contribution is -0.187. The number of hydrogen-bond donors (Lipinski definition) is 0. The van der Waals surface area contributed by atoms with Crippen LogP contribution in [0.3, 0.4) is 0 Å². The van der Waals surface area contributed by atoms with E-state index >= 15 is 0 Å². The quantitative estimate of drug-likeness (QED) is 0.0979. The van der Waals surface area contributed by atoms with Gasteiger partial charge in [0.2, 0.25) is 25.0 Å². The van der Waals surface area contributed by atoms with E-state index in [9.17, 15) is 9.59 Å². The van der Waals surface area contributed by atoms with E-state index in [2.05, 4.69) is 98.2 Å². The first-order chi connectivity index (χ1) is 21.7. The van der Waals surface area contributed by atoms with Crippen LogP contribution < -0.4 is 8.85 Å². The summed E-state index contributed by atoms with van der Waals surface area (Å²) in [6.45, 7) is 37.5. The minimum Gasteiger partial charge on any atom is -0.542 e. The second-order valence-corrected chi connectivity index (χ2v) is 45.7. The highest BCUT2D eigenvalue weighted by molar-refractivity contribution is 6.72. The van der Waals surface area contributed by atoms with Gasteiger partial charge in [-0.05, 0) is 142 Å². The summed E-state index contributed by atoms with van der Waals surface area (Å²) in [5.41, 5.74) is -0.556. The van der Waals surface area contributed by atoms with Crippen molar-refractivity contribution in [2.24, 2.45) is 0 Å². The fourth-order valence-electron chi connectivity index (χ4n) is 5.49. The van der Waals surface area contributed by atoms with Crippen molar-refractivity contribution < 1.29 is 40.9 Å². The Morgan fingerprint density at radius 3 is 1.61 bits per heavy atom. The van der Waals surface area contributed by atoms with Gasteiger partial charge in [0, 0.05) is 18.9 Å². The van der Waals surface area contributed by atoms with Crippen molar-refractivity contribution in [1.29, 1.82) is 0 Å². The van der Waals surface area contributed by atoms with Gasteiger partial charge in [-0.3, -0.25) is 4.79 Å². The van der Waals surface area contributed by atoms with Crippen LogP contribution in [0.1, 0.15) is 18.4 Å². The molecule has 15 heteroatoms. The summed E-state index contributed by atoms with van der Waals surface area (Å²) in [6, 6.07) is 5.72.